The Kier molecular flexibility index (Phi) is 5.74. The van der Waals surface area contributed by atoms with Gasteiger partial charge in [0.25, 0.3) is 5.91 Å². The monoisotopic (exact) mass is 398 g/mol. The van der Waals surface area contributed by atoms with Gasteiger partial charge < -0.3 is 10.6 Å². The second kappa shape index (κ2) is 7.57. The first-order valence-electron chi connectivity index (χ1n) is 6.66. The summed E-state index contributed by atoms with van der Waals surface area (Å²) in [4.78, 5) is 23.8. The normalized spacial score (nSPS) is 10.3. The van der Waals surface area contributed by atoms with Crippen LogP contribution in [0.3, 0.4) is 0 Å². The molecule has 7 heteroatoms. The zero-order chi connectivity index (χ0) is 17.0. The molecule has 0 spiro atoms. The third-order valence-electron chi connectivity index (χ3n) is 3.05. The van der Waals surface area contributed by atoms with E-state index in [1.165, 1.54) is 6.07 Å². The van der Waals surface area contributed by atoms with Gasteiger partial charge in [0.1, 0.15) is 5.82 Å². The van der Waals surface area contributed by atoms with Crippen LogP contribution >= 0.6 is 27.5 Å². The Bertz CT molecular complexity index is 768. The number of halogens is 3. The average molecular weight is 400 g/mol. The van der Waals surface area contributed by atoms with Crippen LogP contribution in [0.2, 0.25) is 5.02 Å². The Labute approximate surface area is 146 Å². The molecule has 0 radical (unpaired) electrons. The average Bonchev–Trinajstić information content (AvgIpc) is 2.48. The Morgan fingerprint density at radius 2 is 1.96 bits per heavy atom. The number of anilines is 1. The topological polar surface area (TPSA) is 58.2 Å². The molecule has 0 saturated carbocycles. The molecule has 120 valence electrons. The van der Waals surface area contributed by atoms with Gasteiger partial charge in [0.2, 0.25) is 5.91 Å². The van der Waals surface area contributed by atoms with Gasteiger partial charge in [-0.3, -0.25) is 9.59 Å². The van der Waals surface area contributed by atoms with Gasteiger partial charge in [0.15, 0.2) is 0 Å². The summed E-state index contributed by atoms with van der Waals surface area (Å²) in [5.41, 5.74) is 1.66. The van der Waals surface area contributed by atoms with Crippen LogP contribution in [0.15, 0.2) is 40.9 Å². The summed E-state index contributed by atoms with van der Waals surface area (Å²) in [6.45, 7) is 1.64. The second-order valence-corrected chi connectivity index (χ2v) is 6.14. The first-order valence-corrected chi connectivity index (χ1v) is 7.83. The molecule has 0 aliphatic rings. The maximum absolute atomic E-state index is 12.9. The molecule has 0 atom stereocenters. The van der Waals surface area contributed by atoms with Crippen molar-refractivity contribution in [3.63, 3.8) is 0 Å². The summed E-state index contributed by atoms with van der Waals surface area (Å²) in [7, 11) is 0. The van der Waals surface area contributed by atoms with Crippen LogP contribution in [0.25, 0.3) is 0 Å². The minimum Gasteiger partial charge on any atom is -0.343 e. The largest absolute Gasteiger partial charge is 0.343 e. The molecule has 0 aromatic heterocycles. The van der Waals surface area contributed by atoms with Crippen LogP contribution in [0.4, 0.5) is 10.1 Å². The lowest BCUT2D eigenvalue weighted by atomic mass is 10.2. The number of hydrogen-bond acceptors (Lipinski definition) is 2. The molecule has 2 aromatic carbocycles. The highest BCUT2D eigenvalue weighted by molar-refractivity contribution is 9.10. The van der Waals surface area contributed by atoms with Crippen molar-refractivity contribution < 1.29 is 14.0 Å². The number of nitrogens with one attached hydrogen (secondary N) is 2. The van der Waals surface area contributed by atoms with Crippen molar-refractivity contribution in [3.05, 3.63) is 62.8 Å². The van der Waals surface area contributed by atoms with Crippen molar-refractivity contribution in [1.29, 1.82) is 0 Å². The third kappa shape index (κ3) is 4.77. The summed E-state index contributed by atoms with van der Waals surface area (Å²) in [6, 6.07) is 8.87. The highest BCUT2D eigenvalue weighted by Gasteiger charge is 2.13. The van der Waals surface area contributed by atoms with Gasteiger partial charge in [0, 0.05) is 10.2 Å². The van der Waals surface area contributed by atoms with E-state index in [0.29, 0.717) is 5.69 Å². The number of benzene rings is 2. The molecule has 0 aliphatic heterocycles. The minimum atomic E-state index is -0.544. The van der Waals surface area contributed by atoms with Crippen LogP contribution in [-0.4, -0.2) is 18.4 Å². The summed E-state index contributed by atoms with van der Waals surface area (Å²) >= 11 is 9.14. The van der Waals surface area contributed by atoms with Gasteiger partial charge in [-0.15, -0.1) is 0 Å². The lowest BCUT2D eigenvalue weighted by Crippen LogP contribution is -2.33. The third-order valence-corrected chi connectivity index (χ3v) is 3.85. The predicted molar refractivity (Wildman–Crippen MR) is 91.3 cm³/mol. The molecule has 0 saturated heterocycles. The van der Waals surface area contributed by atoms with E-state index in [4.69, 9.17) is 11.6 Å². The molecule has 0 aliphatic carbocycles. The number of hydrogen-bond donors (Lipinski definition) is 2. The van der Waals surface area contributed by atoms with Crippen LogP contribution in [0.5, 0.6) is 0 Å². The number of rotatable bonds is 4. The predicted octanol–water partition coefficient (Wildman–Crippen LogP) is 3.92. The molecule has 2 amide bonds. The van der Waals surface area contributed by atoms with Crippen molar-refractivity contribution in [3.8, 4) is 0 Å². The SMILES string of the molecule is Cc1cc(Br)ccc1NC(=O)CNC(=O)c1ccc(F)cc1Cl. The molecule has 0 heterocycles. The molecule has 2 aromatic rings. The zero-order valence-electron chi connectivity index (χ0n) is 12.1. The van der Waals surface area contributed by atoms with Gasteiger partial charge in [0.05, 0.1) is 17.1 Å². The van der Waals surface area contributed by atoms with E-state index in [2.05, 4.69) is 26.6 Å². The number of aryl methyl sites for hydroxylation is 1. The van der Waals surface area contributed by atoms with Crippen LogP contribution in [-0.2, 0) is 4.79 Å². The molecule has 23 heavy (non-hydrogen) atoms. The molecular weight excluding hydrogens is 387 g/mol. The Morgan fingerprint density at radius 1 is 1.22 bits per heavy atom. The van der Waals surface area contributed by atoms with Gasteiger partial charge in [-0.25, -0.2) is 4.39 Å². The highest BCUT2D eigenvalue weighted by Crippen LogP contribution is 2.20. The first-order chi connectivity index (χ1) is 10.9. The molecular formula is C16H13BrClFN2O2. The standard InChI is InChI=1S/C16H13BrClFN2O2/c1-9-6-10(17)2-5-14(9)21-15(22)8-20-16(23)12-4-3-11(19)7-13(12)18/h2-7H,8H2,1H3,(H,20,23)(H,21,22). The molecule has 0 bridgehead atoms. The fourth-order valence-electron chi connectivity index (χ4n) is 1.89. The first kappa shape index (κ1) is 17.4. The van der Waals surface area contributed by atoms with Crippen LogP contribution in [0, 0.1) is 12.7 Å². The van der Waals surface area contributed by atoms with E-state index in [0.717, 1.165) is 22.2 Å². The molecule has 2 rings (SSSR count). The Balaban J connectivity index is 1.94. The van der Waals surface area contributed by atoms with Gasteiger partial charge in [-0.2, -0.15) is 0 Å². The quantitative estimate of drug-likeness (QED) is 0.819. The zero-order valence-corrected chi connectivity index (χ0v) is 14.5. The van der Waals surface area contributed by atoms with Gasteiger partial charge in [-0.05, 0) is 48.9 Å². The van der Waals surface area contributed by atoms with Gasteiger partial charge >= 0.3 is 0 Å². The summed E-state index contributed by atoms with van der Waals surface area (Å²) in [5, 5.41) is 5.14. The maximum atomic E-state index is 12.9. The molecule has 0 unspecified atom stereocenters. The molecule has 2 N–H and O–H groups in total. The van der Waals surface area contributed by atoms with Crippen LogP contribution < -0.4 is 10.6 Å². The number of carbonyl (C=O) groups excluding carboxylic acids is 2. The second-order valence-electron chi connectivity index (χ2n) is 4.81. The smallest absolute Gasteiger partial charge is 0.253 e. The van der Waals surface area contributed by atoms with Gasteiger partial charge in [-0.1, -0.05) is 27.5 Å². The van der Waals surface area contributed by atoms with E-state index >= 15 is 0 Å². The Hall–Kier alpha value is -1.92. The van der Waals surface area contributed by atoms with E-state index in [9.17, 15) is 14.0 Å². The Morgan fingerprint density at radius 3 is 2.61 bits per heavy atom. The van der Waals surface area contributed by atoms with E-state index in [1.54, 1.807) is 12.1 Å². The molecule has 4 nitrogen and oxygen atoms in total. The van der Waals surface area contributed by atoms with Crippen molar-refractivity contribution >= 4 is 45.0 Å². The van der Waals surface area contributed by atoms with Crippen molar-refractivity contribution in [2.24, 2.45) is 0 Å². The van der Waals surface area contributed by atoms with Crippen molar-refractivity contribution in [2.75, 3.05) is 11.9 Å². The summed E-state index contributed by atoms with van der Waals surface area (Å²) in [5.74, 6) is -1.45. The highest BCUT2D eigenvalue weighted by atomic mass is 79.9. The van der Waals surface area contributed by atoms with E-state index < -0.39 is 11.7 Å². The number of amides is 2. The van der Waals surface area contributed by atoms with Crippen molar-refractivity contribution in [2.45, 2.75) is 6.92 Å². The van der Waals surface area contributed by atoms with Crippen LogP contribution in [0.1, 0.15) is 15.9 Å². The maximum Gasteiger partial charge on any atom is 0.253 e. The lowest BCUT2D eigenvalue weighted by molar-refractivity contribution is -0.115. The van der Waals surface area contributed by atoms with E-state index in [1.807, 2.05) is 13.0 Å². The fraction of sp³-hybridized carbons (Fsp3) is 0.125. The number of carbonyl (C=O) groups is 2. The molecule has 0 fully saturated rings. The minimum absolute atomic E-state index is 0.00772. The summed E-state index contributed by atoms with van der Waals surface area (Å²) in [6.07, 6.45) is 0. The summed E-state index contributed by atoms with van der Waals surface area (Å²) < 4.78 is 13.9. The lowest BCUT2D eigenvalue weighted by Gasteiger charge is -2.10. The van der Waals surface area contributed by atoms with E-state index in [-0.39, 0.29) is 23.0 Å². The van der Waals surface area contributed by atoms with Crippen molar-refractivity contribution in [1.82, 2.24) is 5.32 Å². The fourth-order valence-corrected chi connectivity index (χ4v) is 2.62.